The van der Waals surface area contributed by atoms with Crippen LogP contribution in [0.2, 0.25) is 0 Å². The van der Waals surface area contributed by atoms with Gasteiger partial charge in [-0.3, -0.25) is 0 Å². The molecule has 0 saturated carbocycles. The largest absolute Gasteiger partial charge is 2.00 e. The zero-order valence-corrected chi connectivity index (χ0v) is 37.1. The third kappa shape index (κ3) is 41.3. The molecule has 0 fully saturated rings. The van der Waals surface area contributed by atoms with Crippen LogP contribution in [0.1, 0.15) is 196 Å². The maximum atomic E-state index is 12.5. The average Bonchev–Trinajstić information content (AvgIpc) is 3.02. The minimum atomic E-state index is -5.64. The van der Waals surface area contributed by atoms with Gasteiger partial charge in [-0.05, 0) is 25.7 Å². The Labute approximate surface area is 337 Å². The Balaban J connectivity index is -0.000000510. The van der Waals surface area contributed by atoms with Crippen LogP contribution in [0.5, 0.6) is 0 Å². The second kappa shape index (κ2) is 40.6. The normalized spacial score (nSPS) is 10.2. The van der Waals surface area contributed by atoms with Crippen LogP contribution in [0.3, 0.4) is 0 Å². The van der Waals surface area contributed by atoms with Crippen LogP contribution in [0.4, 0.5) is 0 Å². The fourth-order valence-electron chi connectivity index (χ4n) is 4.00. The van der Waals surface area contributed by atoms with Gasteiger partial charge in [-0.1, -0.05) is 39.5 Å². The molecule has 14 heteroatoms. The van der Waals surface area contributed by atoms with Crippen molar-refractivity contribution in [2.24, 2.45) is 0 Å². The molecular weight excluding hydrogens is 783 g/mol. The molecule has 0 amide bonds. The van der Waals surface area contributed by atoms with E-state index in [9.17, 15) is 39.0 Å². The summed E-state index contributed by atoms with van der Waals surface area (Å²) in [4.78, 5) is 69.6. The minimum absolute atomic E-state index is 0. The van der Waals surface area contributed by atoms with Gasteiger partial charge >= 0.3 is 244 Å². The van der Waals surface area contributed by atoms with Crippen molar-refractivity contribution >= 4 is 93.6 Å². The van der Waals surface area contributed by atoms with Gasteiger partial charge in [-0.25, -0.2) is 0 Å². The Morgan fingerprint density at radius 2 is 0.540 bits per heavy atom. The van der Waals surface area contributed by atoms with Crippen LogP contribution >= 0.6 is 0 Å². The molecule has 0 aromatic rings. The Kier molecular flexibility index (Phi) is 45.2. The van der Waals surface area contributed by atoms with Crippen molar-refractivity contribution in [3.8, 4) is 0 Å². The summed E-state index contributed by atoms with van der Waals surface area (Å²) in [5.41, 5.74) is 0. The summed E-state index contributed by atoms with van der Waals surface area (Å²) in [5.74, 6) is -4.57. The molecule has 288 valence electrons. The van der Waals surface area contributed by atoms with Gasteiger partial charge < -0.3 is 19.8 Å². The van der Waals surface area contributed by atoms with Crippen molar-refractivity contribution in [3.05, 3.63) is 0 Å². The molecule has 0 aromatic carbocycles. The van der Waals surface area contributed by atoms with E-state index in [0.29, 0.717) is 25.7 Å². The molecule has 0 rings (SSSR count). The first-order chi connectivity index (χ1) is 23.4. The number of unbranched alkanes of at least 4 members (excludes halogenated alkanes) is 12. The summed E-state index contributed by atoms with van der Waals surface area (Å²) in [7, 11) is 0. The van der Waals surface area contributed by atoms with Crippen LogP contribution in [-0.4, -0.2) is 93.6 Å². The van der Waals surface area contributed by atoms with Gasteiger partial charge in [0.2, 0.25) is 0 Å². The predicted octanol–water partition coefficient (Wildman–Crippen LogP) is 6.17. The summed E-state index contributed by atoms with van der Waals surface area (Å²) in [6.07, 6.45) is 15.6. The molecule has 0 atom stereocenters. The molecule has 0 heterocycles. The van der Waals surface area contributed by atoms with E-state index in [1.54, 1.807) is 0 Å². The fraction of sp³-hybridized carbons (Fsp3) is 0.833. The van der Waals surface area contributed by atoms with E-state index in [1.807, 2.05) is 41.5 Å². The van der Waals surface area contributed by atoms with Gasteiger partial charge in [0.1, 0.15) is 0 Å². The molecular formula is C36H66CaO12Sn. The first-order valence-electron chi connectivity index (χ1n) is 18.6. The van der Waals surface area contributed by atoms with Crippen molar-refractivity contribution < 1.29 is 51.3 Å². The molecule has 0 spiro atoms. The molecule has 0 aromatic heterocycles. The SMILES string of the molecule is CCCCCC(=O)[O-].CCCCCC(=O)[O-].CCCCCC(=O)[O][Sn]([O]C(=O)CCCCC)([O]C(=O)CCCCC)[O]C(=O)CCCCC.[Ca+2]. The van der Waals surface area contributed by atoms with E-state index in [4.69, 9.17) is 12.3 Å². The van der Waals surface area contributed by atoms with Crippen molar-refractivity contribution in [1.82, 2.24) is 0 Å². The number of aliphatic carboxylic acids is 2. The topological polar surface area (TPSA) is 185 Å². The number of hydrogen-bond donors (Lipinski definition) is 0. The molecule has 0 radical (unpaired) electrons. The number of hydrogen-bond acceptors (Lipinski definition) is 12. The summed E-state index contributed by atoms with van der Waals surface area (Å²) < 4.78 is 21.8. The predicted molar refractivity (Wildman–Crippen MR) is 191 cm³/mol. The van der Waals surface area contributed by atoms with Gasteiger partial charge in [0.05, 0.1) is 0 Å². The van der Waals surface area contributed by atoms with E-state index in [-0.39, 0.29) is 76.3 Å². The zero-order chi connectivity index (χ0) is 37.8. The number of rotatable bonds is 28. The van der Waals surface area contributed by atoms with Crippen LogP contribution in [-0.2, 0) is 41.1 Å². The molecule has 0 N–H and O–H groups in total. The summed E-state index contributed by atoms with van der Waals surface area (Å²) >= 11 is -5.64. The van der Waals surface area contributed by atoms with Crippen LogP contribution < -0.4 is 10.2 Å². The standard InChI is InChI=1S/6C6H12O2.Ca.Sn/c6*1-2-3-4-5-6(7)8;;/h6*2-5H2,1H3,(H,7,8);;/q;;;;;;+2;+4/p-6. The number of carboxylic acid groups (broad SMARTS) is 2. The first kappa shape index (κ1) is 55.6. The summed E-state index contributed by atoms with van der Waals surface area (Å²) in [5, 5.41) is 19.5. The summed E-state index contributed by atoms with van der Waals surface area (Å²) in [6.45, 7) is 12.1. The molecule has 12 nitrogen and oxygen atoms in total. The number of carbonyl (C=O) groups is 6. The Morgan fingerprint density at radius 1 is 0.360 bits per heavy atom. The van der Waals surface area contributed by atoms with E-state index in [2.05, 4.69) is 0 Å². The Morgan fingerprint density at radius 3 is 0.700 bits per heavy atom. The van der Waals surface area contributed by atoms with Gasteiger partial charge in [0.15, 0.2) is 0 Å². The molecule has 0 aliphatic rings. The number of carboxylic acids is 2. The second-order valence-electron chi connectivity index (χ2n) is 11.9. The van der Waals surface area contributed by atoms with Crippen LogP contribution in [0, 0.1) is 0 Å². The smallest absolute Gasteiger partial charge is 2.00 e. The van der Waals surface area contributed by atoms with Crippen LogP contribution in [0.25, 0.3) is 0 Å². The fourth-order valence-corrected chi connectivity index (χ4v) is 9.06. The quantitative estimate of drug-likeness (QED) is 0.0645. The third-order valence-corrected chi connectivity index (χ3v) is 12.3. The third-order valence-electron chi connectivity index (χ3n) is 6.86. The summed E-state index contributed by atoms with van der Waals surface area (Å²) in [6, 6.07) is 0. The van der Waals surface area contributed by atoms with E-state index in [1.165, 1.54) is 0 Å². The zero-order valence-electron chi connectivity index (χ0n) is 32.1. The van der Waals surface area contributed by atoms with Gasteiger partial charge in [0.25, 0.3) is 0 Å². The maximum Gasteiger partial charge on any atom is 2.00 e. The molecule has 0 aliphatic carbocycles. The van der Waals surface area contributed by atoms with E-state index >= 15 is 0 Å². The minimum Gasteiger partial charge on any atom is 2.00 e. The first-order valence-corrected chi connectivity index (χ1v) is 23.3. The van der Waals surface area contributed by atoms with Gasteiger partial charge in [-0.2, -0.15) is 0 Å². The molecule has 50 heavy (non-hydrogen) atoms. The Hall–Kier alpha value is -1.12. The second-order valence-corrected chi connectivity index (χ2v) is 17.1. The Bertz CT molecular complexity index is 764. The molecule has 0 unspecified atom stereocenters. The van der Waals surface area contributed by atoms with Crippen LogP contribution in [0.15, 0.2) is 0 Å². The van der Waals surface area contributed by atoms with Gasteiger partial charge in [-0.15, -0.1) is 0 Å². The van der Waals surface area contributed by atoms with E-state index in [0.717, 1.165) is 89.9 Å². The molecule has 0 bridgehead atoms. The molecule has 0 aliphatic heterocycles. The van der Waals surface area contributed by atoms with E-state index < -0.39 is 55.8 Å². The maximum absolute atomic E-state index is 12.5. The number of carbonyl (C=O) groups excluding carboxylic acids is 6. The van der Waals surface area contributed by atoms with Crippen molar-refractivity contribution in [1.29, 1.82) is 0 Å². The monoisotopic (exact) mass is 850 g/mol. The van der Waals surface area contributed by atoms with Crippen molar-refractivity contribution in [2.75, 3.05) is 0 Å². The van der Waals surface area contributed by atoms with Crippen molar-refractivity contribution in [2.45, 2.75) is 196 Å². The van der Waals surface area contributed by atoms with Gasteiger partial charge in [0, 0.05) is 11.9 Å². The van der Waals surface area contributed by atoms with Crippen molar-refractivity contribution in [3.63, 3.8) is 0 Å². The molecule has 0 saturated heterocycles. The average molecular weight is 850 g/mol.